The topological polar surface area (TPSA) is 35.5 Å². The summed E-state index contributed by atoms with van der Waals surface area (Å²) < 4.78 is 10.4. The zero-order chi connectivity index (χ0) is 9.68. The number of thiol groups is 1. The van der Waals surface area contributed by atoms with Crippen molar-refractivity contribution in [1.82, 2.24) is 0 Å². The Morgan fingerprint density at radius 1 is 1.46 bits per heavy atom. The minimum Gasteiger partial charge on any atom is -0.462 e. The van der Waals surface area contributed by atoms with Gasteiger partial charge >= 0.3 is 5.97 Å². The molecule has 1 aliphatic carbocycles. The molecule has 1 rings (SSSR count). The second kappa shape index (κ2) is 5.50. The van der Waals surface area contributed by atoms with Gasteiger partial charge in [0.15, 0.2) is 0 Å². The van der Waals surface area contributed by atoms with Gasteiger partial charge in [-0.25, -0.2) is 0 Å². The minimum atomic E-state index is -0.231. The maximum atomic E-state index is 10.9. The van der Waals surface area contributed by atoms with Crippen LogP contribution in [0.15, 0.2) is 0 Å². The van der Waals surface area contributed by atoms with Gasteiger partial charge in [-0.3, -0.25) is 4.79 Å². The van der Waals surface area contributed by atoms with Crippen molar-refractivity contribution in [3.63, 3.8) is 0 Å². The molecule has 0 aromatic rings. The molecule has 0 radical (unpaired) electrons. The van der Waals surface area contributed by atoms with Crippen molar-refractivity contribution in [3.05, 3.63) is 0 Å². The van der Waals surface area contributed by atoms with Crippen molar-refractivity contribution in [2.45, 2.75) is 37.9 Å². The minimum absolute atomic E-state index is 0.0401. The Kier molecular flexibility index (Phi) is 4.59. The van der Waals surface area contributed by atoms with Gasteiger partial charge in [0.1, 0.15) is 6.10 Å². The molecule has 0 aromatic carbocycles. The second-order valence-electron chi connectivity index (χ2n) is 3.29. The number of methoxy groups -OCH3 is 1. The lowest BCUT2D eigenvalue weighted by Crippen LogP contribution is -2.29. The summed E-state index contributed by atoms with van der Waals surface area (Å²) in [7, 11) is 1.70. The van der Waals surface area contributed by atoms with E-state index in [9.17, 15) is 4.79 Å². The van der Waals surface area contributed by atoms with E-state index in [4.69, 9.17) is 9.47 Å². The first kappa shape index (κ1) is 10.9. The van der Waals surface area contributed by atoms with Crippen molar-refractivity contribution in [1.29, 1.82) is 0 Å². The van der Waals surface area contributed by atoms with Gasteiger partial charge in [0.25, 0.3) is 0 Å². The SMILES string of the molecule is COC1CCCC(OC(=O)CS)C1. The molecule has 0 aliphatic heterocycles. The van der Waals surface area contributed by atoms with Gasteiger partial charge in [-0.05, 0) is 19.3 Å². The van der Waals surface area contributed by atoms with Crippen LogP contribution in [0.1, 0.15) is 25.7 Å². The van der Waals surface area contributed by atoms with E-state index in [0.29, 0.717) is 0 Å². The fourth-order valence-corrected chi connectivity index (χ4v) is 1.72. The third-order valence-corrected chi connectivity index (χ3v) is 2.60. The van der Waals surface area contributed by atoms with Crippen LogP contribution in [0.4, 0.5) is 0 Å². The van der Waals surface area contributed by atoms with Crippen molar-refractivity contribution in [2.24, 2.45) is 0 Å². The van der Waals surface area contributed by atoms with Crippen LogP contribution in [0.5, 0.6) is 0 Å². The molecule has 4 heteroatoms. The van der Waals surface area contributed by atoms with Gasteiger partial charge in [-0.1, -0.05) is 0 Å². The highest BCUT2D eigenvalue weighted by atomic mass is 32.1. The highest BCUT2D eigenvalue weighted by Gasteiger charge is 2.23. The Balaban J connectivity index is 2.29. The van der Waals surface area contributed by atoms with Crippen LogP contribution in [0.2, 0.25) is 0 Å². The van der Waals surface area contributed by atoms with Gasteiger partial charge < -0.3 is 9.47 Å². The fraction of sp³-hybridized carbons (Fsp3) is 0.889. The van der Waals surface area contributed by atoms with Crippen LogP contribution >= 0.6 is 12.6 Å². The van der Waals surface area contributed by atoms with E-state index in [-0.39, 0.29) is 23.9 Å². The standard InChI is InChI=1S/C9H16O3S/c1-11-7-3-2-4-8(5-7)12-9(10)6-13/h7-8,13H,2-6H2,1H3. The van der Waals surface area contributed by atoms with Crippen LogP contribution in [-0.4, -0.2) is 31.0 Å². The van der Waals surface area contributed by atoms with Crippen molar-refractivity contribution < 1.29 is 14.3 Å². The molecular formula is C9H16O3S. The third kappa shape index (κ3) is 3.56. The van der Waals surface area contributed by atoms with Gasteiger partial charge in [0, 0.05) is 13.5 Å². The number of ether oxygens (including phenoxy) is 2. The predicted molar refractivity (Wildman–Crippen MR) is 53.0 cm³/mol. The van der Waals surface area contributed by atoms with Crippen LogP contribution in [-0.2, 0) is 14.3 Å². The zero-order valence-corrected chi connectivity index (χ0v) is 8.76. The summed E-state index contributed by atoms with van der Waals surface area (Å²) in [4.78, 5) is 10.9. The number of esters is 1. The predicted octanol–water partition coefficient (Wildman–Crippen LogP) is 1.42. The lowest BCUT2D eigenvalue weighted by atomic mass is 9.95. The lowest BCUT2D eigenvalue weighted by Gasteiger charge is -2.27. The van der Waals surface area contributed by atoms with Crippen LogP contribution in [0, 0.1) is 0 Å². The Morgan fingerprint density at radius 2 is 2.15 bits per heavy atom. The van der Waals surface area contributed by atoms with Gasteiger partial charge in [-0.2, -0.15) is 12.6 Å². The number of hydrogen-bond donors (Lipinski definition) is 1. The molecule has 0 saturated heterocycles. The molecular weight excluding hydrogens is 188 g/mol. The first-order chi connectivity index (χ1) is 6.26. The molecule has 0 N–H and O–H groups in total. The Bertz CT molecular complexity index is 172. The number of carbonyl (C=O) groups is 1. The van der Waals surface area contributed by atoms with Crippen LogP contribution in [0.25, 0.3) is 0 Å². The summed E-state index contributed by atoms with van der Waals surface area (Å²) in [5, 5.41) is 0. The van der Waals surface area contributed by atoms with Crippen molar-refractivity contribution in [3.8, 4) is 0 Å². The second-order valence-corrected chi connectivity index (χ2v) is 3.61. The smallest absolute Gasteiger partial charge is 0.315 e. The largest absolute Gasteiger partial charge is 0.462 e. The summed E-state index contributed by atoms with van der Waals surface area (Å²) in [5.74, 6) is -0.0705. The van der Waals surface area contributed by atoms with E-state index in [1.54, 1.807) is 7.11 Å². The summed E-state index contributed by atoms with van der Waals surface area (Å²) in [6.45, 7) is 0. The fourth-order valence-electron chi connectivity index (χ4n) is 1.65. The maximum Gasteiger partial charge on any atom is 0.315 e. The van der Waals surface area contributed by atoms with Gasteiger partial charge in [-0.15, -0.1) is 0 Å². The van der Waals surface area contributed by atoms with Crippen molar-refractivity contribution >= 4 is 18.6 Å². The molecule has 76 valence electrons. The van der Waals surface area contributed by atoms with E-state index < -0.39 is 0 Å². The molecule has 0 amide bonds. The molecule has 3 nitrogen and oxygen atoms in total. The van der Waals surface area contributed by atoms with E-state index >= 15 is 0 Å². The molecule has 1 saturated carbocycles. The van der Waals surface area contributed by atoms with Crippen LogP contribution in [0.3, 0.4) is 0 Å². The molecule has 13 heavy (non-hydrogen) atoms. The molecule has 0 spiro atoms. The normalized spacial score (nSPS) is 28.5. The molecule has 2 unspecified atom stereocenters. The maximum absolute atomic E-state index is 10.9. The van der Waals surface area contributed by atoms with Gasteiger partial charge in [0.2, 0.25) is 0 Å². The van der Waals surface area contributed by atoms with E-state index in [1.165, 1.54) is 0 Å². The first-order valence-electron chi connectivity index (χ1n) is 4.59. The highest BCUT2D eigenvalue weighted by molar-refractivity contribution is 7.81. The van der Waals surface area contributed by atoms with Gasteiger partial charge in [0.05, 0.1) is 11.9 Å². The molecule has 1 fully saturated rings. The number of carbonyl (C=O) groups excluding carboxylic acids is 1. The number of hydrogen-bond acceptors (Lipinski definition) is 4. The first-order valence-corrected chi connectivity index (χ1v) is 5.22. The van der Waals surface area contributed by atoms with E-state index in [0.717, 1.165) is 25.7 Å². The molecule has 0 heterocycles. The van der Waals surface area contributed by atoms with E-state index in [2.05, 4.69) is 12.6 Å². The van der Waals surface area contributed by atoms with E-state index in [1.807, 2.05) is 0 Å². The quantitative estimate of drug-likeness (QED) is 0.558. The highest BCUT2D eigenvalue weighted by Crippen LogP contribution is 2.23. The average molecular weight is 204 g/mol. The monoisotopic (exact) mass is 204 g/mol. The molecule has 0 aromatic heterocycles. The molecule has 0 bridgehead atoms. The molecule has 1 aliphatic rings. The Labute approximate surface area is 84.2 Å². The zero-order valence-electron chi connectivity index (χ0n) is 7.86. The van der Waals surface area contributed by atoms with Crippen LogP contribution < -0.4 is 0 Å². The Hall–Kier alpha value is -0.220. The average Bonchev–Trinajstić information content (AvgIpc) is 2.18. The summed E-state index contributed by atoms with van der Waals surface area (Å²) in [5.41, 5.74) is 0. The summed E-state index contributed by atoms with van der Waals surface area (Å²) in [6, 6.07) is 0. The summed E-state index contributed by atoms with van der Waals surface area (Å²) >= 11 is 3.85. The Morgan fingerprint density at radius 3 is 2.77 bits per heavy atom. The number of rotatable bonds is 3. The summed E-state index contributed by atoms with van der Waals surface area (Å²) in [6.07, 6.45) is 4.23. The molecule has 2 atom stereocenters. The van der Waals surface area contributed by atoms with Crippen molar-refractivity contribution in [2.75, 3.05) is 12.9 Å². The third-order valence-electron chi connectivity index (χ3n) is 2.34. The lowest BCUT2D eigenvalue weighted by molar-refractivity contribution is -0.149.